The first kappa shape index (κ1) is 14.4. The zero-order valence-electron chi connectivity index (χ0n) is 13.0. The number of methoxy groups -OCH3 is 1. The van der Waals surface area contributed by atoms with Gasteiger partial charge in [0.25, 0.3) is 0 Å². The van der Waals surface area contributed by atoms with Crippen LogP contribution in [-0.2, 0) is 5.41 Å². The highest BCUT2D eigenvalue weighted by Gasteiger charge is 2.62. The van der Waals surface area contributed by atoms with Gasteiger partial charge in [0.2, 0.25) is 0 Å². The fraction of sp³-hybridized carbons (Fsp3) is 0.647. The van der Waals surface area contributed by atoms with Gasteiger partial charge in [-0.2, -0.15) is 0 Å². The van der Waals surface area contributed by atoms with Gasteiger partial charge in [-0.15, -0.1) is 0 Å². The molecule has 1 aromatic rings. The van der Waals surface area contributed by atoms with Crippen molar-refractivity contribution in [2.24, 2.45) is 5.41 Å². The van der Waals surface area contributed by atoms with Crippen molar-refractivity contribution in [1.82, 2.24) is 0 Å². The van der Waals surface area contributed by atoms with E-state index in [2.05, 4.69) is 46.8 Å². The normalized spacial score (nSPS) is 24.6. The third-order valence-electron chi connectivity index (χ3n) is 4.90. The SMILES string of the molecule is COc1cc(C)c(C2(CO)CC2(C)C)cc1C(C)C. The Bertz CT molecular complexity index is 488. The molecule has 1 aromatic carbocycles. The average molecular weight is 262 g/mol. The largest absolute Gasteiger partial charge is 0.496 e. The zero-order valence-corrected chi connectivity index (χ0v) is 13.0. The highest BCUT2D eigenvalue weighted by atomic mass is 16.5. The van der Waals surface area contributed by atoms with Crippen LogP contribution in [0.15, 0.2) is 12.1 Å². The van der Waals surface area contributed by atoms with E-state index in [4.69, 9.17) is 4.74 Å². The minimum absolute atomic E-state index is 0.0625. The predicted molar refractivity (Wildman–Crippen MR) is 79.0 cm³/mol. The number of benzene rings is 1. The summed E-state index contributed by atoms with van der Waals surface area (Å²) in [5, 5.41) is 9.89. The van der Waals surface area contributed by atoms with Crippen molar-refractivity contribution in [2.45, 2.75) is 52.4 Å². The van der Waals surface area contributed by atoms with Gasteiger partial charge in [-0.1, -0.05) is 33.8 Å². The molecule has 0 heterocycles. The maximum atomic E-state index is 9.89. The fourth-order valence-electron chi connectivity index (χ4n) is 3.37. The molecule has 1 fully saturated rings. The van der Waals surface area contributed by atoms with E-state index in [1.807, 2.05) is 0 Å². The number of aliphatic hydroxyl groups excluding tert-OH is 1. The Morgan fingerprint density at radius 3 is 2.26 bits per heavy atom. The van der Waals surface area contributed by atoms with E-state index in [9.17, 15) is 5.11 Å². The summed E-state index contributed by atoms with van der Waals surface area (Å²) < 4.78 is 5.50. The molecule has 1 atom stereocenters. The topological polar surface area (TPSA) is 29.5 Å². The van der Waals surface area contributed by atoms with E-state index in [1.165, 1.54) is 16.7 Å². The van der Waals surface area contributed by atoms with Gasteiger partial charge in [0.15, 0.2) is 0 Å². The second kappa shape index (κ2) is 4.52. The standard InChI is InChI=1S/C17H26O2/c1-11(2)13-8-14(12(3)7-15(13)19-6)17(10-18)9-16(17,4)5/h7-8,11,18H,9-10H2,1-6H3. The number of aliphatic hydroxyl groups is 1. The molecule has 106 valence electrons. The minimum Gasteiger partial charge on any atom is -0.496 e. The molecule has 1 aliphatic carbocycles. The second-order valence-corrected chi connectivity index (χ2v) is 6.86. The number of hydrogen-bond acceptors (Lipinski definition) is 2. The van der Waals surface area contributed by atoms with Crippen LogP contribution in [-0.4, -0.2) is 18.8 Å². The van der Waals surface area contributed by atoms with Gasteiger partial charge in [-0.05, 0) is 47.4 Å². The van der Waals surface area contributed by atoms with Crippen molar-refractivity contribution >= 4 is 0 Å². The number of rotatable bonds is 4. The van der Waals surface area contributed by atoms with E-state index in [0.29, 0.717) is 5.92 Å². The van der Waals surface area contributed by atoms with E-state index < -0.39 is 0 Å². The number of aryl methyl sites for hydroxylation is 1. The summed E-state index contributed by atoms with van der Waals surface area (Å²) >= 11 is 0. The molecule has 1 saturated carbocycles. The van der Waals surface area contributed by atoms with Crippen molar-refractivity contribution < 1.29 is 9.84 Å². The van der Waals surface area contributed by atoms with Crippen LogP contribution in [0.3, 0.4) is 0 Å². The Morgan fingerprint density at radius 2 is 1.89 bits per heavy atom. The summed E-state index contributed by atoms with van der Waals surface area (Å²) in [6.07, 6.45) is 1.06. The van der Waals surface area contributed by atoms with Crippen LogP contribution in [0.4, 0.5) is 0 Å². The molecule has 2 rings (SSSR count). The fourth-order valence-corrected chi connectivity index (χ4v) is 3.37. The maximum Gasteiger partial charge on any atom is 0.122 e. The molecule has 0 bridgehead atoms. The molecule has 19 heavy (non-hydrogen) atoms. The molecule has 2 heteroatoms. The van der Waals surface area contributed by atoms with Gasteiger partial charge in [0.1, 0.15) is 5.75 Å². The van der Waals surface area contributed by atoms with Crippen LogP contribution in [0.5, 0.6) is 5.75 Å². The monoisotopic (exact) mass is 262 g/mol. The molecule has 2 nitrogen and oxygen atoms in total. The summed E-state index contributed by atoms with van der Waals surface area (Å²) in [7, 11) is 1.73. The van der Waals surface area contributed by atoms with Crippen LogP contribution in [0.1, 0.15) is 56.7 Å². The Labute approximate surface area is 116 Å². The maximum absolute atomic E-state index is 9.89. The van der Waals surface area contributed by atoms with Crippen molar-refractivity contribution in [3.8, 4) is 5.75 Å². The van der Waals surface area contributed by atoms with Crippen molar-refractivity contribution in [3.05, 3.63) is 28.8 Å². The third-order valence-corrected chi connectivity index (χ3v) is 4.90. The average Bonchev–Trinajstić information content (AvgIpc) is 2.91. The summed E-state index contributed by atoms with van der Waals surface area (Å²) in [6.45, 7) is 11.2. The Kier molecular flexibility index (Phi) is 3.42. The van der Waals surface area contributed by atoms with E-state index >= 15 is 0 Å². The van der Waals surface area contributed by atoms with Gasteiger partial charge in [0.05, 0.1) is 13.7 Å². The number of ether oxygens (including phenoxy) is 1. The van der Waals surface area contributed by atoms with Gasteiger partial charge < -0.3 is 9.84 Å². The Balaban J connectivity index is 2.57. The first-order valence-electron chi connectivity index (χ1n) is 7.09. The molecular weight excluding hydrogens is 236 g/mol. The lowest BCUT2D eigenvalue weighted by molar-refractivity contribution is 0.230. The van der Waals surface area contributed by atoms with Gasteiger partial charge in [-0.25, -0.2) is 0 Å². The lowest BCUT2D eigenvalue weighted by Crippen LogP contribution is -2.21. The van der Waals surface area contributed by atoms with Crippen molar-refractivity contribution in [3.63, 3.8) is 0 Å². The first-order chi connectivity index (χ1) is 8.79. The lowest BCUT2D eigenvalue weighted by atomic mass is 9.83. The van der Waals surface area contributed by atoms with Gasteiger partial charge >= 0.3 is 0 Å². The van der Waals surface area contributed by atoms with Gasteiger partial charge in [-0.3, -0.25) is 0 Å². The van der Waals surface area contributed by atoms with Crippen molar-refractivity contribution in [2.75, 3.05) is 13.7 Å². The summed E-state index contributed by atoms with van der Waals surface area (Å²) in [6, 6.07) is 4.38. The second-order valence-electron chi connectivity index (χ2n) is 6.86. The first-order valence-corrected chi connectivity index (χ1v) is 7.09. The summed E-state index contributed by atoms with van der Waals surface area (Å²) in [5.41, 5.74) is 3.88. The number of hydrogen-bond donors (Lipinski definition) is 1. The molecule has 1 N–H and O–H groups in total. The van der Waals surface area contributed by atoms with Crippen molar-refractivity contribution in [1.29, 1.82) is 0 Å². The quantitative estimate of drug-likeness (QED) is 0.894. The summed E-state index contributed by atoms with van der Waals surface area (Å²) in [5.74, 6) is 1.38. The molecule has 0 aromatic heterocycles. The molecule has 1 unspecified atom stereocenters. The van der Waals surface area contributed by atoms with Crippen LogP contribution >= 0.6 is 0 Å². The van der Waals surface area contributed by atoms with E-state index in [0.717, 1.165) is 12.2 Å². The van der Waals surface area contributed by atoms with Gasteiger partial charge in [0, 0.05) is 5.41 Å². The third kappa shape index (κ3) is 2.06. The van der Waals surface area contributed by atoms with Crippen LogP contribution < -0.4 is 4.74 Å². The predicted octanol–water partition coefficient (Wildman–Crippen LogP) is 3.79. The highest BCUT2D eigenvalue weighted by Crippen LogP contribution is 2.64. The Morgan fingerprint density at radius 1 is 1.32 bits per heavy atom. The molecule has 0 aliphatic heterocycles. The van der Waals surface area contributed by atoms with E-state index in [1.54, 1.807) is 7.11 Å². The molecule has 0 radical (unpaired) electrons. The zero-order chi connectivity index (χ0) is 14.4. The lowest BCUT2D eigenvalue weighted by Gasteiger charge is -2.24. The van der Waals surface area contributed by atoms with Crippen LogP contribution in [0.2, 0.25) is 0 Å². The molecule has 0 saturated heterocycles. The van der Waals surface area contributed by atoms with E-state index in [-0.39, 0.29) is 17.4 Å². The Hall–Kier alpha value is -1.02. The van der Waals surface area contributed by atoms with Crippen LogP contribution in [0.25, 0.3) is 0 Å². The molecule has 0 spiro atoms. The van der Waals surface area contributed by atoms with Crippen LogP contribution in [0, 0.1) is 12.3 Å². The summed E-state index contributed by atoms with van der Waals surface area (Å²) in [4.78, 5) is 0. The molecule has 0 amide bonds. The molecule has 1 aliphatic rings. The molecular formula is C17H26O2. The smallest absolute Gasteiger partial charge is 0.122 e. The highest BCUT2D eigenvalue weighted by molar-refractivity contribution is 5.50. The minimum atomic E-state index is -0.0625.